The van der Waals surface area contributed by atoms with Gasteiger partial charge in [0.15, 0.2) is 0 Å². The molecule has 0 radical (unpaired) electrons. The lowest BCUT2D eigenvalue weighted by Gasteiger charge is -2.44. The Morgan fingerprint density at radius 3 is 2.83 bits per heavy atom. The fourth-order valence-electron chi connectivity index (χ4n) is 4.93. The lowest BCUT2D eigenvalue weighted by Crippen LogP contribution is -2.43. The van der Waals surface area contributed by atoms with Crippen molar-refractivity contribution in [3.05, 3.63) is 52.0 Å². The maximum Gasteiger partial charge on any atom is 0.337 e. The van der Waals surface area contributed by atoms with Crippen molar-refractivity contribution >= 4 is 11.5 Å². The summed E-state index contributed by atoms with van der Waals surface area (Å²) < 4.78 is 15.9. The minimum Gasteiger partial charge on any atom is -0.504 e. The zero-order chi connectivity index (χ0) is 20.5. The minimum absolute atomic E-state index is 0.0475. The van der Waals surface area contributed by atoms with Gasteiger partial charge in [0.25, 0.3) is 0 Å². The Kier molecular flexibility index (Phi) is 5.35. The van der Waals surface area contributed by atoms with Crippen LogP contribution in [-0.2, 0) is 14.3 Å². The molecule has 0 amide bonds. The SMILES string of the molecule is CC[C@@H]1CN2CCC3=c4c(OC)cccc4=NC3=C2C[C@@H]1/C(=C\OC)C(=O)OC. The molecule has 6 nitrogen and oxygen atoms in total. The average Bonchev–Trinajstić information content (AvgIpc) is 3.15. The molecule has 2 atom stereocenters. The molecule has 4 rings (SSSR count). The molecule has 0 aromatic heterocycles. The molecular weight excluding hydrogens is 368 g/mol. The van der Waals surface area contributed by atoms with Gasteiger partial charge in [-0.15, -0.1) is 0 Å². The van der Waals surface area contributed by atoms with Gasteiger partial charge in [0.05, 0.1) is 44.2 Å². The summed E-state index contributed by atoms with van der Waals surface area (Å²) in [5.41, 5.74) is 4.13. The predicted molar refractivity (Wildman–Crippen MR) is 109 cm³/mol. The summed E-state index contributed by atoms with van der Waals surface area (Å²) in [4.78, 5) is 19.9. The van der Waals surface area contributed by atoms with Gasteiger partial charge in [0, 0.05) is 29.9 Å². The maximum atomic E-state index is 12.5. The second kappa shape index (κ2) is 7.93. The van der Waals surface area contributed by atoms with Crippen LogP contribution < -0.4 is 15.3 Å². The molecule has 3 aliphatic heterocycles. The number of carbonyl (C=O) groups is 1. The minimum atomic E-state index is -0.317. The second-order valence-electron chi connectivity index (χ2n) is 7.72. The Hall–Kier alpha value is -2.76. The topological polar surface area (TPSA) is 60.4 Å². The second-order valence-corrected chi connectivity index (χ2v) is 7.72. The molecule has 29 heavy (non-hydrogen) atoms. The monoisotopic (exact) mass is 396 g/mol. The number of ether oxygens (including phenoxy) is 3. The molecule has 0 spiro atoms. The molecule has 0 unspecified atom stereocenters. The quantitative estimate of drug-likeness (QED) is 0.434. The molecule has 0 aliphatic carbocycles. The fourth-order valence-corrected chi connectivity index (χ4v) is 4.93. The smallest absolute Gasteiger partial charge is 0.337 e. The highest BCUT2D eigenvalue weighted by molar-refractivity contribution is 5.89. The fraction of sp³-hybridized carbons (Fsp3) is 0.478. The van der Waals surface area contributed by atoms with Crippen LogP contribution in [0, 0.1) is 11.8 Å². The van der Waals surface area contributed by atoms with Gasteiger partial charge >= 0.3 is 5.97 Å². The number of rotatable bonds is 5. The van der Waals surface area contributed by atoms with Crippen molar-refractivity contribution in [1.29, 1.82) is 0 Å². The molecule has 1 aromatic carbocycles. The number of nitrogens with zero attached hydrogens (tertiary/aromatic N) is 2. The predicted octanol–water partition coefficient (Wildman–Crippen LogP) is 2.15. The van der Waals surface area contributed by atoms with E-state index >= 15 is 0 Å². The lowest BCUT2D eigenvalue weighted by atomic mass is 9.76. The van der Waals surface area contributed by atoms with Crippen LogP contribution in [0.1, 0.15) is 26.2 Å². The summed E-state index contributed by atoms with van der Waals surface area (Å²) >= 11 is 0. The van der Waals surface area contributed by atoms with Crippen LogP contribution in [0.15, 0.2) is 46.4 Å². The Morgan fingerprint density at radius 1 is 1.31 bits per heavy atom. The van der Waals surface area contributed by atoms with Crippen molar-refractivity contribution in [2.75, 3.05) is 34.4 Å². The van der Waals surface area contributed by atoms with E-state index in [1.54, 1.807) is 20.5 Å². The van der Waals surface area contributed by atoms with Crippen molar-refractivity contribution in [3.8, 4) is 5.75 Å². The van der Waals surface area contributed by atoms with Crippen LogP contribution in [-0.4, -0.2) is 45.3 Å². The summed E-state index contributed by atoms with van der Waals surface area (Å²) in [6.07, 6.45) is 4.25. The van der Waals surface area contributed by atoms with Crippen molar-refractivity contribution in [3.63, 3.8) is 0 Å². The molecule has 3 aliphatic rings. The Morgan fingerprint density at radius 2 is 2.14 bits per heavy atom. The first kappa shape index (κ1) is 19.6. The normalized spacial score (nSPS) is 23.1. The van der Waals surface area contributed by atoms with E-state index in [4.69, 9.17) is 19.2 Å². The van der Waals surface area contributed by atoms with Gasteiger partial charge < -0.3 is 19.1 Å². The summed E-state index contributed by atoms with van der Waals surface area (Å²) in [5, 5.41) is 2.09. The first-order valence-corrected chi connectivity index (χ1v) is 10.2. The summed E-state index contributed by atoms with van der Waals surface area (Å²) in [7, 11) is 4.70. The average molecular weight is 396 g/mol. The van der Waals surface area contributed by atoms with Gasteiger partial charge in [-0.1, -0.05) is 19.4 Å². The van der Waals surface area contributed by atoms with Crippen molar-refractivity contribution in [2.45, 2.75) is 26.2 Å². The standard InChI is InChI=1S/C23H28N2O4/c1-5-14-12-25-10-9-15-21-18(7-6-8-20(21)28-3)24-22(15)19(25)11-16(14)17(13-27-2)23(26)29-4/h6-8,13-14,16H,5,9-12H2,1-4H3/b17-13+/t14-,16+/m1/s1. The van der Waals surface area contributed by atoms with Gasteiger partial charge in [-0.2, -0.15) is 0 Å². The van der Waals surface area contributed by atoms with Gasteiger partial charge in [-0.05, 0) is 36.5 Å². The molecule has 6 heteroatoms. The third-order valence-corrected chi connectivity index (χ3v) is 6.36. The van der Waals surface area contributed by atoms with E-state index in [2.05, 4.69) is 11.8 Å². The lowest BCUT2D eigenvalue weighted by molar-refractivity contribution is -0.137. The highest BCUT2D eigenvalue weighted by atomic mass is 16.5. The molecule has 154 valence electrons. The third-order valence-electron chi connectivity index (χ3n) is 6.36. The van der Waals surface area contributed by atoms with E-state index in [0.717, 1.165) is 54.4 Å². The Labute approximate surface area is 171 Å². The van der Waals surface area contributed by atoms with Gasteiger partial charge in [-0.3, -0.25) is 0 Å². The number of allylic oxidation sites excluding steroid dienone is 2. The van der Waals surface area contributed by atoms with Crippen LogP contribution in [0.25, 0.3) is 5.57 Å². The summed E-state index contributed by atoms with van der Waals surface area (Å²) in [6, 6.07) is 6.02. The number of piperidine rings is 1. The van der Waals surface area contributed by atoms with E-state index < -0.39 is 0 Å². The highest BCUT2D eigenvalue weighted by Gasteiger charge is 2.40. The third kappa shape index (κ3) is 3.20. The van der Waals surface area contributed by atoms with Crippen LogP contribution in [0.4, 0.5) is 0 Å². The van der Waals surface area contributed by atoms with Crippen LogP contribution in [0.2, 0.25) is 0 Å². The number of carbonyl (C=O) groups excluding carboxylic acids is 1. The van der Waals surface area contributed by atoms with E-state index in [0.29, 0.717) is 11.5 Å². The summed E-state index contributed by atoms with van der Waals surface area (Å²) in [6.45, 7) is 4.06. The van der Waals surface area contributed by atoms with E-state index in [9.17, 15) is 4.79 Å². The van der Waals surface area contributed by atoms with Crippen molar-refractivity contribution < 1.29 is 19.0 Å². The number of hydrogen-bond donors (Lipinski definition) is 0. The van der Waals surface area contributed by atoms with E-state index in [1.165, 1.54) is 18.4 Å². The molecule has 1 aromatic rings. The van der Waals surface area contributed by atoms with Crippen molar-refractivity contribution in [2.24, 2.45) is 16.8 Å². The molecule has 0 saturated carbocycles. The number of esters is 1. The van der Waals surface area contributed by atoms with Crippen LogP contribution >= 0.6 is 0 Å². The Bertz CT molecular complexity index is 1010. The first-order chi connectivity index (χ1) is 14.1. The van der Waals surface area contributed by atoms with Crippen LogP contribution in [0.5, 0.6) is 5.75 Å². The van der Waals surface area contributed by atoms with Crippen LogP contribution in [0.3, 0.4) is 0 Å². The molecule has 0 N–H and O–H groups in total. The number of fused-ring (bicyclic) bond motifs is 3. The zero-order valence-electron chi connectivity index (χ0n) is 17.5. The molecule has 3 heterocycles. The maximum absolute atomic E-state index is 12.5. The van der Waals surface area contributed by atoms with Gasteiger partial charge in [0.1, 0.15) is 5.75 Å². The molecule has 0 bridgehead atoms. The van der Waals surface area contributed by atoms with Gasteiger partial charge in [-0.25, -0.2) is 9.79 Å². The van der Waals surface area contributed by atoms with Crippen molar-refractivity contribution in [1.82, 2.24) is 4.90 Å². The van der Waals surface area contributed by atoms with E-state index in [1.807, 2.05) is 18.2 Å². The number of hydrogen-bond acceptors (Lipinski definition) is 6. The molecule has 1 saturated heterocycles. The molecular formula is C23H28N2O4. The van der Waals surface area contributed by atoms with Gasteiger partial charge in [0.2, 0.25) is 0 Å². The highest BCUT2D eigenvalue weighted by Crippen LogP contribution is 2.43. The number of benzene rings is 1. The Balaban J connectivity index is 1.82. The van der Waals surface area contributed by atoms with E-state index in [-0.39, 0.29) is 11.9 Å². The summed E-state index contributed by atoms with van der Waals surface area (Å²) in [5.74, 6) is 0.965. The first-order valence-electron chi connectivity index (χ1n) is 10.2. The zero-order valence-corrected chi connectivity index (χ0v) is 17.5. The largest absolute Gasteiger partial charge is 0.504 e. The number of methoxy groups -OCH3 is 3. The molecule has 1 fully saturated rings.